The van der Waals surface area contributed by atoms with Crippen molar-refractivity contribution in [2.24, 2.45) is 0 Å². The van der Waals surface area contributed by atoms with Gasteiger partial charge in [-0.15, -0.1) is 0 Å². The number of hydrogen-bond donors (Lipinski definition) is 1. The van der Waals surface area contributed by atoms with E-state index < -0.39 is 0 Å². The van der Waals surface area contributed by atoms with Gasteiger partial charge in [-0.05, 0) is 32.4 Å². The van der Waals surface area contributed by atoms with Crippen LogP contribution in [0, 0.1) is 0 Å². The fourth-order valence-electron chi connectivity index (χ4n) is 1.71. The fraction of sp³-hybridized carbons (Fsp3) is 0.538. The lowest BCUT2D eigenvalue weighted by Crippen LogP contribution is -2.23. The van der Waals surface area contributed by atoms with Crippen LogP contribution in [0.5, 0.6) is 5.75 Å². The molecule has 1 rings (SSSR count). The summed E-state index contributed by atoms with van der Waals surface area (Å²) in [7, 11) is 0. The highest BCUT2D eigenvalue weighted by atomic mass is 16.5. The number of nitrogen functional groups attached to an aromatic ring is 1. The average Bonchev–Trinajstić information content (AvgIpc) is 2.31. The third-order valence-corrected chi connectivity index (χ3v) is 2.61. The van der Waals surface area contributed by atoms with Crippen molar-refractivity contribution in [2.75, 3.05) is 30.3 Å². The fourth-order valence-corrected chi connectivity index (χ4v) is 1.71. The normalized spacial score (nSPS) is 10.2. The SMILES string of the molecule is CCCOc1cccc(N(CC)CC)c1N. The van der Waals surface area contributed by atoms with Crippen LogP contribution in [0.2, 0.25) is 0 Å². The quantitative estimate of drug-likeness (QED) is 0.752. The summed E-state index contributed by atoms with van der Waals surface area (Å²) in [6, 6.07) is 5.97. The summed E-state index contributed by atoms with van der Waals surface area (Å²) in [5.41, 5.74) is 7.93. The molecular formula is C13H22N2O. The topological polar surface area (TPSA) is 38.5 Å². The highest BCUT2D eigenvalue weighted by Gasteiger charge is 2.10. The average molecular weight is 222 g/mol. The lowest BCUT2D eigenvalue weighted by molar-refractivity contribution is 0.319. The molecule has 0 amide bonds. The van der Waals surface area contributed by atoms with Gasteiger partial charge in [0.25, 0.3) is 0 Å². The molecule has 0 aliphatic carbocycles. The summed E-state index contributed by atoms with van der Waals surface area (Å²) in [6.45, 7) is 8.97. The molecule has 0 unspecified atom stereocenters. The maximum Gasteiger partial charge on any atom is 0.144 e. The van der Waals surface area contributed by atoms with Crippen LogP contribution in [0.3, 0.4) is 0 Å². The zero-order valence-corrected chi connectivity index (χ0v) is 10.5. The van der Waals surface area contributed by atoms with E-state index in [9.17, 15) is 0 Å². The Balaban J connectivity index is 2.93. The van der Waals surface area contributed by atoms with Crippen LogP contribution >= 0.6 is 0 Å². The van der Waals surface area contributed by atoms with E-state index in [-0.39, 0.29) is 0 Å². The van der Waals surface area contributed by atoms with Crippen molar-refractivity contribution in [1.29, 1.82) is 0 Å². The molecule has 3 heteroatoms. The first kappa shape index (κ1) is 12.7. The largest absolute Gasteiger partial charge is 0.491 e. The summed E-state index contributed by atoms with van der Waals surface area (Å²) in [5, 5.41) is 0. The summed E-state index contributed by atoms with van der Waals surface area (Å²) >= 11 is 0. The molecule has 1 aromatic carbocycles. The minimum Gasteiger partial charge on any atom is -0.491 e. The minimum atomic E-state index is 0.714. The third kappa shape index (κ3) is 2.81. The van der Waals surface area contributed by atoms with E-state index in [1.807, 2.05) is 18.2 Å². The van der Waals surface area contributed by atoms with Crippen molar-refractivity contribution >= 4 is 11.4 Å². The predicted octanol–water partition coefficient (Wildman–Crippen LogP) is 2.90. The van der Waals surface area contributed by atoms with E-state index in [1.165, 1.54) is 0 Å². The standard InChI is InChI=1S/C13H22N2O/c1-4-10-16-12-9-7-8-11(13(12)14)15(5-2)6-3/h7-9H,4-6,10,14H2,1-3H3. The van der Waals surface area contributed by atoms with Gasteiger partial charge in [-0.25, -0.2) is 0 Å². The molecule has 0 bridgehead atoms. The molecule has 0 aliphatic rings. The van der Waals surface area contributed by atoms with Crippen LogP contribution in [0.15, 0.2) is 18.2 Å². The van der Waals surface area contributed by atoms with Crippen molar-refractivity contribution in [3.05, 3.63) is 18.2 Å². The Bertz CT molecular complexity index is 322. The Morgan fingerprint density at radius 3 is 2.44 bits per heavy atom. The van der Waals surface area contributed by atoms with Crippen LogP contribution in [0.4, 0.5) is 11.4 Å². The van der Waals surface area contributed by atoms with Crippen molar-refractivity contribution < 1.29 is 4.74 Å². The van der Waals surface area contributed by atoms with Crippen LogP contribution in [-0.2, 0) is 0 Å². The van der Waals surface area contributed by atoms with Crippen LogP contribution in [0.1, 0.15) is 27.2 Å². The maximum atomic E-state index is 6.11. The number of benzene rings is 1. The molecule has 0 fully saturated rings. The van der Waals surface area contributed by atoms with Gasteiger partial charge in [-0.1, -0.05) is 13.0 Å². The molecule has 90 valence electrons. The van der Waals surface area contributed by atoms with E-state index in [0.717, 1.165) is 36.6 Å². The smallest absolute Gasteiger partial charge is 0.144 e. The Kier molecular flexibility index (Phi) is 4.96. The van der Waals surface area contributed by atoms with Gasteiger partial charge in [0.1, 0.15) is 5.75 Å². The molecule has 1 aromatic rings. The number of ether oxygens (including phenoxy) is 1. The Morgan fingerprint density at radius 1 is 1.19 bits per heavy atom. The second-order valence-corrected chi connectivity index (χ2v) is 3.71. The van der Waals surface area contributed by atoms with Crippen molar-refractivity contribution in [3.63, 3.8) is 0 Å². The summed E-state index contributed by atoms with van der Waals surface area (Å²) < 4.78 is 5.61. The van der Waals surface area contributed by atoms with Crippen LogP contribution in [0.25, 0.3) is 0 Å². The molecule has 0 aromatic heterocycles. The highest BCUT2D eigenvalue weighted by molar-refractivity contribution is 5.74. The number of rotatable bonds is 6. The monoisotopic (exact) mass is 222 g/mol. The molecule has 0 spiro atoms. The number of nitrogens with two attached hydrogens (primary N) is 1. The Hall–Kier alpha value is -1.38. The van der Waals surface area contributed by atoms with Gasteiger partial charge in [-0.3, -0.25) is 0 Å². The van der Waals surface area contributed by atoms with Crippen molar-refractivity contribution in [1.82, 2.24) is 0 Å². The Morgan fingerprint density at radius 2 is 1.88 bits per heavy atom. The first-order valence-corrected chi connectivity index (χ1v) is 6.00. The van der Waals surface area contributed by atoms with Gasteiger partial charge in [0.15, 0.2) is 0 Å². The third-order valence-electron chi connectivity index (χ3n) is 2.61. The lowest BCUT2D eigenvalue weighted by atomic mass is 10.2. The maximum absolute atomic E-state index is 6.11. The van der Waals surface area contributed by atoms with Crippen molar-refractivity contribution in [2.45, 2.75) is 27.2 Å². The van der Waals surface area contributed by atoms with Crippen LogP contribution in [-0.4, -0.2) is 19.7 Å². The predicted molar refractivity (Wildman–Crippen MR) is 70.2 cm³/mol. The molecular weight excluding hydrogens is 200 g/mol. The molecule has 0 saturated carbocycles. The summed E-state index contributed by atoms with van der Waals surface area (Å²) in [4.78, 5) is 2.23. The second kappa shape index (κ2) is 6.26. The van der Waals surface area contributed by atoms with E-state index in [1.54, 1.807) is 0 Å². The zero-order chi connectivity index (χ0) is 12.0. The molecule has 0 aliphatic heterocycles. The molecule has 16 heavy (non-hydrogen) atoms. The lowest BCUT2D eigenvalue weighted by Gasteiger charge is -2.23. The highest BCUT2D eigenvalue weighted by Crippen LogP contribution is 2.32. The molecule has 0 atom stereocenters. The van der Waals surface area contributed by atoms with Gasteiger partial charge in [0, 0.05) is 13.1 Å². The zero-order valence-electron chi connectivity index (χ0n) is 10.5. The van der Waals surface area contributed by atoms with E-state index in [4.69, 9.17) is 10.5 Å². The van der Waals surface area contributed by atoms with Gasteiger partial charge in [0.05, 0.1) is 18.0 Å². The second-order valence-electron chi connectivity index (χ2n) is 3.71. The molecule has 0 heterocycles. The van der Waals surface area contributed by atoms with E-state index >= 15 is 0 Å². The molecule has 2 N–H and O–H groups in total. The minimum absolute atomic E-state index is 0.714. The van der Waals surface area contributed by atoms with Gasteiger partial charge >= 0.3 is 0 Å². The van der Waals surface area contributed by atoms with Gasteiger partial charge in [0.2, 0.25) is 0 Å². The van der Waals surface area contributed by atoms with Gasteiger partial charge < -0.3 is 15.4 Å². The number of para-hydroxylation sites is 1. The number of nitrogens with zero attached hydrogens (tertiary/aromatic N) is 1. The van der Waals surface area contributed by atoms with Crippen LogP contribution < -0.4 is 15.4 Å². The summed E-state index contributed by atoms with van der Waals surface area (Å²) in [5.74, 6) is 0.797. The molecule has 3 nitrogen and oxygen atoms in total. The first-order chi connectivity index (χ1) is 7.74. The Labute approximate surface area is 98.2 Å². The molecule has 0 saturated heterocycles. The van der Waals surface area contributed by atoms with E-state index in [2.05, 4.69) is 25.7 Å². The number of anilines is 2. The molecule has 0 radical (unpaired) electrons. The summed E-state index contributed by atoms with van der Waals surface area (Å²) in [6.07, 6.45) is 0.995. The van der Waals surface area contributed by atoms with Gasteiger partial charge in [-0.2, -0.15) is 0 Å². The van der Waals surface area contributed by atoms with Crippen molar-refractivity contribution in [3.8, 4) is 5.75 Å². The first-order valence-electron chi connectivity index (χ1n) is 6.00. The number of hydrogen-bond acceptors (Lipinski definition) is 3. The van der Waals surface area contributed by atoms with E-state index in [0.29, 0.717) is 6.61 Å².